The maximum atomic E-state index is 13.5. The van der Waals surface area contributed by atoms with Crippen molar-refractivity contribution in [1.29, 1.82) is 5.26 Å². The summed E-state index contributed by atoms with van der Waals surface area (Å²) in [4.78, 5) is 3.75. The number of hydrogen-bond acceptors (Lipinski definition) is 2. The summed E-state index contributed by atoms with van der Waals surface area (Å²) in [7, 11) is 0. The van der Waals surface area contributed by atoms with Crippen molar-refractivity contribution in [1.82, 2.24) is 4.98 Å². The predicted molar refractivity (Wildman–Crippen MR) is 58.9 cm³/mol. The van der Waals surface area contributed by atoms with Gasteiger partial charge in [0.05, 0.1) is 18.2 Å². The molecule has 1 aromatic heterocycles. The molecule has 0 saturated carbocycles. The first-order chi connectivity index (χ1) is 8.20. The highest BCUT2D eigenvalue weighted by Gasteiger charge is 2.06. The first kappa shape index (κ1) is 11.2. The van der Waals surface area contributed by atoms with Gasteiger partial charge in [-0.05, 0) is 30.3 Å². The summed E-state index contributed by atoms with van der Waals surface area (Å²) in [6, 6.07) is 10.6. The third-order valence-corrected chi connectivity index (χ3v) is 2.34. The first-order valence-corrected chi connectivity index (χ1v) is 4.99. The van der Waals surface area contributed by atoms with Crippen LogP contribution in [0.15, 0.2) is 36.4 Å². The lowest BCUT2D eigenvalue weighted by molar-refractivity contribution is 0.573. The number of pyridine rings is 1. The zero-order valence-corrected chi connectivity index (χ0v) is 8.82. The molecule has 1 aromatic carbocycles. The van der Waals surface area contributed by atoms with Crippen LogP contribution in [0.1, 0.15) is 5.56 Å². The molecule has 0 aliphatic carbocycles. The third-order valence-electron chi connectivity index (χ3n) is 2.34. The van der Waals surface area contributed by atoms with Gasteiger partial charge in [-0.25, -0.2) is 9.37 Å². The Labute approximate surface area is 97.2 Å². The van der Waals surface area contributed by atoms with Gasteiger partial charge in [0.15, 0.2) is 0 Å². The summed E-state index contributed by atoms with van der Waals surface area (Å²) < 4.78 is 26.2. The van der Waals surface area contributed by atoms with E-state index in [0.29, 0.717) is 11.3 Å². The van der Waals surface area contributed by atoms with Gasteiger partial charge in [-0.1, -0.05) is 6.07 Å². The highest BCUT2D eigenvalue weighted by Crippen LogP contribution is 2.19. The average molecular weight is 230 g/mol. The molecule has 0 amide bonds. The summed E-state index contributed by atoms with van der Waals surface area (Å²) >= 11 is 0. The topological polar surface area (TPSA) is 36.7 Å². The van der Waals surface area contributed by atoms with Crippen LogP contribution >= 0.6 is 0 Å². The number of rotatable bonds is 2. The second-order valence-corrected chi connectivity index (χ2v) is 3.49. The van der Waals surface area contributed by atoms with E-state index in [-0.39, 0.29) is 17.8 Å². The molecule has 0 aliphatic heterocycles. The van der Waals surface area contributed by atoms with Crippen molar-refractivity contribution in [3.8, 4) is 17.3 Å². The van der Waals surface area contributed by atoms with Gasteiger partial charge in [0.2, 0.25) is 5.95 Å². The van der Waals surface area contributed by atoms with E-state index in [1.807, 2.05) is 6.07 Å². The highest BCUT2D eigenvalue weighted by atomic mass is 19.1. The molecule has 0 saturated heterocycles. The Morgan fingerprint density at radius 1 is 1.06 bits per heavy atom. The van der Waals surface area contributed by atoms with Crippen molar-refractivity contribution >= 4 is 0 Å². The van der Waals surface area contributed by atoms with E-state index < -0.39 is 5.95 Å². The molecule has 0 atom stereocenters. The molecule has 4 heteroatoms. The van der Waals surface area contributed by atoms with Crippen LogP contribution in [-0.4, -0.2) is 4.98 Å². The molecule has 2 aromatic rings. The van der Waals surface area contributed by atoms with Crippen LogP contribution in [0.4, 0.5) is 8.78 Å². The minimum Gasteiger partial charge on any atom is -0.219 e. The Hall–Kier alpha value is -2.28. The smallest absolute Gasteiger partial charge is 0.217 e. The van der Waals surface area contributed by atoms with Gasteiger partial charge in [0, 0.05) is 11.1 Å². The molecule has 0 fully saturated rings. The van der Waals surface area contributed by atoms with Crippen molar-refractivity contribution in [2.45, 2.75) is 6.42 Å². The molecule has 0 spiro atoms. The Morgan fingerprint density at radius 2 is 1.76 bits per heavy atom. The summed E-state index contributed by atoms with van der Waals surface area (Å²) in [5.74, 6) is -1.01. The van der Waals surface area contributed by atoms with Gasteiger partial charge in [-0.2, -0.15) is 9.65 Å². The summed E-state index contributed by atoms with van der Waals surface area (Å²) in [6.07, 6.45) is -0.0114. The lowest BCUT2D eigenvalue weighted by Gasteiger charge is -2.03. The summed E-state index contributed by atoms with van der Waals surface area (Å²) in [5.41, 5.74) is 1.32. The van der Waals surface area contributed by atoms with Gasteiger partial charge in [0.1, 0.15) is 5.82 Å². The zero-order valence-electron chi connectivity index (χ0n) is 8.82. The number of hydrogen-bond donors (Lipinski definition) is 0. The lowest BCUT2D eigenvalue weighted by Crippen LogP contribution is -1.95. The van der Waals surface area contributed by atoms with E-state index in [9.17, 15) is 8.78 Å². The van der Waals surface area contributed by atoms with Crippen molar-refractivity contribution in [3.63, 3.8) is 0 Å². The molecule has 0 aliphatic rings. The maximum absolute atomic E-state index is 13.5. The van der Waals surface area contributed by atoms with Crippen LogP contribution in [0.3, 0.4) is 0 Å². The molecule has 0 bridgehead atoms. The third kappa shape index (κ3) is 2.45. The molecule has 0 radical (unpaired) electrons. The van der Waals surface area contributed by atoms with E-state index in [4.69, 9.17) is 5.26 Å². The monoisotopic (exact) mass is 230 g/mol. The van der Waals surface area contributed by atoms with Crippen LogP contribution in [0, 0.1) is 23.1 Å². The molecule has 2 nitrogen and oxygen atoms in total. The van der Waals surface area contributed by atoms with Gasteiger partial charge in [-0.15, -0.1) is 0 Å². The number of benzene rings is 1. The Morgan fingerprint density at radius 3 is 2.35 bits per heavy atom. The van der Waals surface area contributed by atoms with Gasteiger partial charge in [0.25, 0.3) is 0 Å². The normalized spacial score (nSPS) is 9.94. The van der Waals surface area contributed by atoms with Crippen molar-refractivity contribution in [2.75, 3.05) is 0 Å². The highest BCUT2D eigenvalue weighted by molar-refractivity contribution is 5.58. The molecule has 0 N–H and O–H groups in total. The molecular weight excluding hydrogens is 222 g/mol. The SMILES string of the molecule is N#CCc1ccc(-c2ccc(F)cc2)nc1F. The second kappa shape index (κ2) is 4.71. The van der Waals surface area contributed by atoms with Gasteiger partial charge < -0.3 is 0 Å². The Kier molecular flexibility index (Phi) is 3.10. The Bertz CT molecular complexity index is 571. The number of aromatic nitrogens is 1. The molecule has 2 rings (SSSR count). The van der Waals surface area contributed by atoms with Crippen LogP contribution in [0.2, 0.25) is 0 Å². The van der Waals surface area contributed by atoms with E-state index >= 15 is 0 Å². The molecule has 1 heterocycles. The fourth-order valence-electron chi connectivity index (χ4n) is 1.46. The van der Waals surface area contributed by atoms with Gasteiger partial charge in [-0.3, -0.25) is 0 Å². The van der Waals surface area contributed by atoms with Crippen LogP contribution in [0.5, 0.6) is 0 Å². The molecule has 84 valence electrons. The van der Waals surface area contributed by atoms with E-state index in [1.165, 1.54) is 30.3 Å². The Balaban J connectivity index is 2.38. The largest absolute Gasteiger partial charge is 0.219 e. The van der Waals surface area contributed by atoms with Crippen LogP contribution in [0.25, 0.3) is 11.3 Å². The minimum absolute atomic E-state index is 0.0114. The zero-order chi connectivity index (χ0) is 12.3. The van der Waals surface area contributed by atoms with E-state index in [0.717, 1.165) is 0 Å². The summed E-state index contributed by atoms with van der Waals surface area (Å²) in [6.45, 7) is 0. The predicted octanol–water partition coefficient (Wildman–Crippen LogP) is 3.09. The molecule has 0 unspecified atom stereocenters. The van der Waals surface area contributed by atoms with Crippen molar-refractivity contribution < 1.29 is 8.78 Å². The van der Waals surface area contributed by atoms with Crippen molar-refractivity contribution in [2.24, 2.45) is 0 Å². The number of nitrogens with zero attached hydrogens (tertiary/aromatic N) is 2. The van der Waals surface area contributed by atoms with Gasteiger partial charge >= 0.3 is 0 Å². The minimum atomic E-state index is -0.659. The fourth-order valence-corrected chi connectivity index (χ4v) is 1.46. The van der Waals surface area contributed by atoms with E-state index in [2.05, 4.69) is 4.98 Å². The van der Waals surface area contributed by atoms with Crippen LogP contribution in [-0.2, 0) is 6.42 Å². The number of halogens is 2. The average Bonchev–Trinajstić information content (AvgIpc) is 2.33. The quantitative estimate of drug-likeness (QED) is 0.743. The molecular formula is C13H8F2N2. The van der Waals surface area contributed by atoms with Crippen molar-refractivity contribution in [3.05, 3.63) is 53.7 Å². The first-order valence-electron chi connectivity index (χ1n) is 4.99. The lowest BCUT2D eigenvalue weighted by atomic mass is 10.1. The summed E-state index contributed by atoms with van der Waals surface area (Å²) in [5, 5.41) is 8.47. The molecule has 17 heavy (non-hydrogen) atoms. The van der Waals surface area contributed by atoms with Crippen LogP contribution < -0.4 is 0 Å². The fraction of sp³-hybridized carbons (Fsp3) is 0.0769. The standard InChI is InChI=1S/C13H8F2N2/c14-11-4-1-9(2-5-11)12-6-3-10(7-8-16)13(15)17-12/h1-6H,7H2. The van der Waals surface area contributed by atoms with E-state index in [1.54, 1.807) is 6.07 Å². The number of nitriles is 1. The second-order valence-electron chi connectivity index (χ2n) is 3.49. The maximum Gasteiger partial charge on any atom is 0.217 e.